The summed E-state index contributed by atoms with van der Waals surface area (Å²) in [5.74, 6) is 0.847. The van der Waals surface area contributed by atoms with Gasteiger partial charge in [0.2, 0.25) is 5.91 Å². The van der Waals surface area contributed by atoms with E-state index in [2.05, 4.69) is 16.8 Å². The Hall–Kier alpha value is -2.95. The maximum absolute atomic E-state index is 11.8. The van der Waals surface area contributed by atoms with Gasteiger partial charge in [-0.15, -0.1) is 0 Å². The van der Waals surface area contributed by atoms with Crippen LogP contribution in [0.3, 0.4) is 0 Å². The zero-order valence-electron chi connectivity index (χ0n) is 15.5. The van der Waals surface area contributed by atoms with Gasteiger partial charge in [0.15, 0.2) is 0 Å². The molecule has 0 fully saturated rings. The first-order valence-corrected chi connectivity index (χ1v) is 8.95. The van der Waals surface area contributed by atoms with Crippen molar-refractivity contribution in [3.8, 4) is 17.0 Å². The molecule has 0 aliphatic carbocycles. The van der Waals surface area contributed by atoms with E-state index < -0.39 is 0 Å². The minimum Gasteiger partial charge on any atom is -0.497 e. The number of methoxy groups -OCH3 is 1. The van der Waals surface area contributed by atoms with Crippen molar-refractivity contribution in [3.05, 3.63) is 42.5 Å². The van der Waals surface area contributed by atoms with Crippen LogP contribution in [-0.4, -0.2) is 17.6 Å². The number of nitrogens with two attached hydrogens (primary N) is 1. The highest BCUT2D eigenvalue weighted by Gasteiger charge is 2.16. The topological polar surface area (TPSA) is 69.3 Å². The fraction of sp³-hybridized carbons (Fsp3) is 0.286. The quantitative estimate of drug-likeness (QED) is 0.679. The van der Waals surface area contributed by atoms with Gasteiger partial charge >= 0.3 is 0 Å². The Bertz CT molecular complexity index is 927. The normalized spacial score (nSPS) is 10.9. The average Bonchev–Trinajstić information content (AvgIpc) is 2.93. The number of aromatic nitrogens is 1. The Kier molecular flexibility index (Phi) is 5.16. The standard InChI is InChI=1S/C21H25N3O2/c1-4-6-19(25)23-15-9-7-14(8-10-15)21-20(22)17-12-11-16(26-3)13-18(17)24(21)5-2/h7-13H,4-6,22H2,1-3H3,(H,23,25). The van der Waals surface area contributed by atoms with Crippen LogP contribution < -0.4 is 15.8 Å². The van der Waals surface area contributed by atoms with Crippen LogP contribution in [0, 0.1) is 0 Å². The van der Waals surface area contributed by atoms with Crippen molar-refractivity contribution in [2.45, 2.75) is 33.2 Å². The van der Waals surface area contributed by atoms with Crippen LogP contribution in [0.15, 0.2) is 42.5 Å². The lowest BCUT2D eigenvalue weighted by Crippen LogP contribution is -2.10. The highest BCUT2D eigenvalue weighted by molar-refractivity contribution is 6.01. The molecule has 1 aromatic heterocycles. The second-order valence-corrected chi connectivity index (χ2v) is 6.27. The molecular formula is C21H25N3O2. The molecule has 2 aromatic carbocycles. The molecule has 0 aliphatic heterocycles. The van der Waals surface area contributed by atoms with Crippen molar-refractivity contribution in [2.24, 2.45) is 0 Å². The third-order valence-corrected chi connectivity index (χ3v) is 4.55. The van der Waals surface area contributed by atoms with Gasteiger partial charge in [0.05, 0.1) is 24.0 Å². The number of rotatable bonds is 6. The monoisotopic (exact) mass is 351 g/mol. The van der Waals surface area contributed by atoms with Crippen LogP contribution in [0.4, 0.5) is 11.4 Å². The summed E-state index contributed by atoms with van der Waals surface area (Å²) >= 11 is 0. The Morgan fingerprint density at radius 1 is 1.15 bits per heavy atom. The van der Waals surface area contributed by atoms with E-state index in [4.69, 9.17) is 10.5 Å². The first kappa shape index (κ1) is 17.9. The molecule has 0 aliphatic rings. The van der Waals surface area contributed by atoms with E-state index in [1.165, 1.54) is 0 Å². The molecule has 1 amide bonds. The average molecular weight is 351 g/mol. The van der Waals surface area contributed by atoms with E-state index in [0.717, 1.165) is 52.3 Å². The largest absolute Gasteiger partial charge is 0.497 e. The Morgan fingerprint density at radius 3 is 2.50 bits per heavy atom. The molecule has 0 spiro atoms. The molecule has 3 rings (SSSR count). The number of fused-ring (bicyclic) bond motifs is 1. The van der Waals surface area contributed by atoms with Gasteiger partial charge in [0.25, 0.3) is 0 Å². The summed E-state index contributed by atoms with van der Waals surface area (Å²) in [7, 11) is 1.66. The SMILES string of the molecule is CCCC(=O)Nc1ccc(-c2c(N)c3ccc(OC)cc3n2CC)cc1. The predicted molar refractivity (Wildman–Crippen MR) is 108 cm³/mol. The molecule has 1 heterocycles. The van der Waals surface area contributed by atoms with Crippen LogP contribution in [0.2, 0.25) is 0 Å². The number of amides is 1. The van der Waals surface area contributed by atoms with Gasteiger partial charge in [-0.3, -0.25) is 4.79 Å². The van der Waals surface area contributed by atoms with Crippen LogP contribution >= 0.6 is 0 Å². The van der Waals surface area contributed by atoms with Crippen molar-refractivity contribution in [2.75, 3.05) is 18.2 Å². The molecule has 5 heteroatoms. The molecule has 26 heavy (non-hydrogen) atoms. The Balaban J connectivity index is 2.02. The van der Waals surface area contributed by atoms with E-state index >= 15 is 0 Å². The summed E-state index contributed by atoms with van der Waals surface area (Å²) in [5.41, 5.74) is 11.1. The zero-order chi connectivity index (χ0) is 18.7. The minimum atomic E-state index is 0.0366. The Labute approximate surface area is 153 Å². The molecule has 0 unspecified atom stereocenters. The number of carbonyl (C=O) groups is 1. The fourth-order valence-corrected chi connectivity index (χ4v) is 3.28. The van der Waals surface area contributed by atoms with Gasteiger partial charge in [-0.1, -0.05) is 19.1 Å². The first-order valence-electron chi connectivity index (χ1n) is 8.95. The lowest BCUT2D eigenvalue weighted by atomic mass is 10.1. The van der Waals surface area contributed by atoms with Gasteiger partial charge in [-0.25, -0.2) is 0 Å². The van der Waals surface area contributed by atoms with Crippen molar-refractivity contribution >= 4 is 28.2 Å². The number of nitrogen functional groups attached to an aromatic ring is 1. The third-order valence-electron chi connectivity index (χ3n) is 4.55. The number of carbonyl (C=O) groups excluding carboxylic acids is 1. The van der Waals surface area contributed by atoms with Crippen molar-refractivity contribution in [1.82, 2.24) is 4.57 Å². The number of hydrogen-bond acceptors (Lipinski definition) is 3. The fourth-order valence-electron chi connectivity index (χ4n) is 3.28. The van der Waals surface area contributed by atoms with Crippen LogP contribution in [0.25, 0.3) is 22.2 Å². The van der Waals surface area contributed by atoms with Gasteiger partial charge in [0, 0.05) is 35.7 Å². The van der Waals surface area contributed by atoms with Gasteiger partial charge in [-0.05, 0) is 37.6 Å². The molecule has 0 saturated heterocycles. The maximum Gasteiger partial charge on any atom is 0.224 e. The van der Waals surface area contributed by atoms with E-state index in [-0.39, 0.29) is 5.91 Å². The molecular weight excluding hydrogens is 326 g/mol. The number of nitrogens with one attached hydrogen (secondary N) is 1. The zero-order valence-corrected chi connectivity index (χ0v) is 15.5. The molecule has 3 N–H and O–H groups in total. The highest BCUT2D eigenvalue weighted by Crippen LogP contribution is 2.37. The van der Waals surface area contributed by atoms with E-state index in [1.54, 1.807) is 7.11 Å². The van der Waals surface area contributed by atoms with Crippen molar-refractivity contribution in [3.63, 3.8) is 0 Å². The lowest BCUT2D eigenvalue weighted by molar-refractivity contribution is -0.116. The summed E-state index contributed by atoms with van der Waals surface area (Å²) in [4.78, 5) is 11.8. The number of anilines is 2. The van der Waals surface area contributed by atoms with Gasteiger partial charge in [0.1, 0.15) is 5.75 Å². The van der Waals surface area contributed by atoms with Gasteiger partial charge in [-0.2, -0.15) is 0 Å². The summed E-state index contributed by atoms with van der Waals surface area (Å²) in [6, 6.07) is 13.8. The third kappa shape index (κ3) is 3.25. The molecule has 3 aromatic rings. The molecule has 0 bridgehead atoms. The van der Waals surface area contributed by atoms with E-state index in [9.17, 15) is 4.79 Å². The smallest absolute Gasteiger partial charge is 0.224 e. The maximum atomic E-state index is 11.8. The summed E-state index contributed by atoms with van der Waals surface area (Å²) in [6.45, 7) is 4.89. The summed E-state index contributed by atoms with van der Waals surface area (Å²) < 4.78 is 7.55. The van der Waals surface area contributed by atoms with Gasteiger partial charge < -0.3 is 20.4 Å². The molecule has 0 atom stereocenters. The van der Waals surface area contributed by atoms with Crippen LogP contribution in [0.5, 0.6) is 5.75 Å². The second-order valence-electron chi connectivity index (χ2n) is 6.27. The lowest BCUT2D eigenvalue weighted by Gasteiger charge is -2.11. The molecule has 136 valence electrons. The first-order chi connectivity index (χ1) is 12.6. The Morgan fingerprint density at radius 2 is 1.88 bits per heavy atom. The van der Waals surface area contributed by atoms with Crippen molar-refractivity contribution < 1.29 is 9.53 Å². The van der Waals surface area contributed by atoms with Crippen LogP contribution in [0.1, 0.15) is 26.7 Å². The predicted octanol–water partition coefficient (Wildman–Crippen LogP) is 4.66. The minimum absolute atomic E-state index is 0.0366. The number of benzene rings is 2. The van der Waals surface area contributed by atoms with Crippen LogP contribution in [-0.2, 0) is 11.3 Å². The summed E-state index contributed by atoms with van der Waals surface area (Å²) in [6.07, 6.45) is 1.36. The second kappa shape index (κ2) is 7.52. The molecule has 5 nitrogen and oxygen atoms in total. The number of hydrogen-bond donors (Lipinski definition) is 2. The summed E-state index contributed by atoms with van der Waals surface area (Å²) in [5, 5.41) is 3.93. The highest BCUT2D eigenvalue weighted by atomic mass is 16.5. The van der Waals surface area contributed by atoms with Crippen molar-refractivity contribution in [1.29, 1.82) is 0 Å². The molecule has 0 radical (unpaired) electrons. The number of nitrogens with zero attached hydrogens (tertiary/aromatic N) is 1. The van der Waals surface area contributed by atoms with E-state index in [1.807, 2.05) is 49.4 Å². The molecule has 0 saturated carbocycles. The number of ether oxygens (including phenoxy) is 1. The number of aryl methyl sites for hydroxylation is 1. The van der Waals surface area contributed by atoms with E-state index in [0.29, 0.717) is 6.42 Å².